The van der Waals surface area contributed by atoms with E-state index in [0.717, 1.165) is 31.3 Å². The van der Waals surface area contributed by atoms with E-state index in [9.17, 15) is 0 Å². The van der Waals surface area contributed by atoms with Crippen molar-refractivity contribution in [2.75, 3.05) is 19.7 Å². The maximum atomic E-state index is 5.98. The SMILES string of the molecule is c1cnc(C2CCCC2)c(OCC2CCCNC2)n1. The molecule has 1 unspecified atom stereocenters. The highest BCUT2D eigenvalue weighted by molar-refractivity contribution is 5.22. The van der Waals surface area contributed by atoms with Crippen molar-refractivity contribution in [3.8, 4) is 5.88 Å². The lowest BCUT2D eigenvalue weighted by atomic mass is 10.0. The quantitative estimate of drug-likeness (QED) is 0.904. The number of rotatable bonds is 4. The molecule has 19 heavy (non-hydrogen) atoms. The van der Waals surface area contributed by atoms with Gasteiger partial charge in [0.15, 0.2) is 0 Å². The van der Waals surface area contributed by atoms with Crippen LogP contribution in [0.4, 0.5) is 0 Å². The number of nitrogens with zero attached hydrogens (tertiary/aromatic N) is 2. The summed E-state index contributed by atoms with van der Waals surface area (Å²) in [6.45, 7) is 2.99. The van der Waals surface area contributed by atoms with E-state index in [1.807, 2.05) is 0 Å². The minimum absolute atomic E-state index is 0.563. The Kier molecular flexibility index (Phi) is 4.28. The predicted molar refractivity (Wildman–Crippen MR) is 74.3 cm³/mol. The van der Waals surface area contributed by atoms with E-state index in [0.29, 0.717) is 11.8 Å². The average Bonchev–Trinajstić information content (AvgIpc) is 3.01. The van der Waals surface area contributed by atoms with Gasteiger partial charge in [-0.05, 0) is 32.2 Å². The Bertz CT molecular complexity index is 398. The molecule has 4 heteroatoms. The highest BCUT2D eigenvalue weighted by Crippen LogP contribution is 2.36. The van der Waals surface area contributed by atoms with Crippen LogP contribution in [-0.4, -0.2) is 29.7 Å². The molecule has 2 aliphatic rings. The molecule has 104 valence electrons. The Balaban J connectivity index is 1.62. The topological polar surface area (TPSA) is 47.0 Å². The molecule has 1 aromatic rings. The van der Waals surface area contributed by atoms with Crippen molar-refractivity contribution in [1.29, 1.82) is 0 Å². The third kappa shape index (κ3) is 3.24. The summed E-state index contributed by atoms with van der Waals surface area (Å²) in [6, 6.07) is 0. The zero-order chi connectivity index (χ0) is 12.9. The highest BCUT2D eigenvalue weighted by atomic mass is 16.5. The van der Waals surface area contributed by atoms with E-state index in [1.54, 1.807) is 12.4 Å². The lowest BCUT2D eigenvalue weighted by molar-refractivity contribution is 0.208. The molecule has 1 aromatic heterocycles. The summed E-state index contributed by atoms with van der Waals surface area (Å²) in [7, 11) is 0. The smallest absolute Gasteiger partial charge is 0.235 e. The molecule has 0 amide bonds. The third-order valence-electron chi connectivity index (χ3n) is 4.29. The van der Waals surface area contributed by atoms with E-state index in [2.05, 4.69) is 15.3 Å². The summed E-state index contributed by atoms with van der Waals surface area (Å²) < 4.78 is 5.98. The standard InChI is InChI=1S/C15H23N3O/c1-2-6-13(5-1)14-15(18-9-8-17-14)19-11-12-4-3-7-16-10-12/h8-9,12-13,16H,1-7,10-11H2. The molecule has 0 radical (unpaired) electrons. The first-order valence-electron chi connectivity index (χ1n) is 7.58. The summed E-state index contributed by atoms with van der Waals surface area (Å²) in [5.41, 5.74) is 1.09. The van der Waals surface area contributed by atoms with Crippen molar-refractivity contribution in [2.24, 2.45) is 5.92 Å². The Hall–Kier alpha value is -1.16. The molecule has 0 bridgehead atoms. The highest BCUT2D eigenvalue weighted by Gasteiger charge is 2.23. The van der Waals surface area contributed by atoms with Crippen molar-refractivity contribution in [3.63, 3.8) is 0 Å². The Morgan fingerprint density at radius 2 is 1.95 bits per heavy atom. The summed E-state index contributed by atoms with van der Waals surface area (Å²) in [4.78, 5) is 8.92. The van der Waals surface area contributed by atoms with Gasteiger partial charge in [-0.2, -0.15) is 0 Å². The van der Waals surface area contributed by atoms with Crippen molar-refractivity contribution in [1.82, 2.24) is 15.3 Å². The minimum Gasteiger partial charge on any atom is -0.476 e. The molecule has 1 atom stereocenters. The fourth-order valence-electron chi connectivity index (χ4n) is 3.19. The van der Waals surface area contributed by atoms with Gasteiger partial charge in [-0.25, -0.2) is 4.98 Å². The maximum absolute atomic E-state index is 5.98. The van der Waals surface area contributed by atoms with Gasteiger partial charge in [0.25, 0.3) is 0 Å². The van der Waals surface area contributed by atoms with Gasteiger partial charge in [-0.1, -0.05) is 12.8 Å². The van der Waals surface area contributed by atoms with Crippen molar-refractivity contribution in [3.05, 3.63) is 18.1 Å². The van der Waals surface area contributed by atoms with Gasteiger partial charge in [0, 0.05) is 30.8 Å². The largest absolute Gasteiger partial charge is 0.476 e. The summed E-state index contributed by atoms with van der Waals surface area (Å²) >= 11 is 0. The van der Waals surface area contributed by atoms with E-state index in [4.69, 9.17) is 4.74 Å². The monoisotopic (exact) mass is 261 g/mol. The van der Waals surface area contributed by atoms with Gasteiger partial charge in [-0.15, -0.1) is 0 Å². The minimum atomic E-state index is 0.563. The van der Waals surface area contributed by atoms with E-state index >= 15 is 0 Å². The molecule has 2 fully saturated rings. The number of hydrogen-bond acceptors (Lipinski definition) is 4. The van der Waals surface area contributed by atoms with Gasteiger partial charge in [0.2, 0.25) is 5.88 Å². The average molecular weight is 261 g/mol. The van der Waals surface area contributed by atoms with Crippen molar-refractivity contribution >= 4 is 0 Å². The number of ether oxygens (including phenoxy) is 1. The van der Waals surface area contributed by atoms with Crippen LogP contribution in [0.3, 0.4) is 0 Å². The van der Waals surface area contributed by atoms with E-state index in [-0.39, 0.29) is 0 Å². The van der Waals surface area contributed by atoms with Gasteiger partial charge in [-0.3, -0.25) is 4.98 Å². The van der Waals surface area contributed by atoms with E-state index < -0.39 is 0 Å². The molecule has 1 aliphatic carbocycles. The Morgan fingerprint density at radius 1 is 1.11 bits per heavy atom. The molecule has 3 rings (SSSR count). The Morgan fingerprint density at radius 3 is 2.74 bits per heavy atom. The van der Waals surface area contributed by atoms with Crippen LogP contribution >= 0.6 is 0 Å². The molecular formula is C15H23N3O. The molecule has 0 spiro atoms. The van der Waals surface area contributed by atoms with Crippen molar-refractivity contribution in [2.45, 2.75) is 44.4 Å². The first-order chi connectivity index (χ1) is 9.43. The molecule has 1 saturated heterocycles. The first kappa shape index (κ1) is 12.9. The molecular weight excluding hydrogens is 238 g/mol. The summed E-state index contributed by atoms with van der Waals surface area (Å²) in [5, 5.41) is 3.42. The second-order valence-corrected chi connectivity index (χ2v) is 5.75. The Labute approximate surface area is 115 Å². The molecule has 1 saturated carbocycles. The lowest BCUT2D eigenvalue weighted by Crippen LogP contribution is -2.33. The van der Waals surface area contributed by atoms with Crippen LogP contribution in [0.2, 0.25) is 0 Å². The van der Waals surface area contributed by atoms with Crippen molar-refractivity contribution < 1.29 is 4.74 Å². The molecule has 0 aromatic carbocycles. The molecule has 1 aliphatic heterocycles. The van der Waals surface area contributed by atoms with Gasteiger partial charge in [0.1, 0.15) is 5.69 Å². The van der Waals surface area contributed by atoms with Crippen LogP contribution in [0.1, 0.15) is 50.1 Å². The number of piperidine rings is 1. The second-order valence-electron chi connectivity index (χ2n) is 5.75. The summed E-state index contributed by atoms with van der Waals surface area (Å²) in [6.07, 6.45) is 11.1. The van der Waals surface area contributed by atoms with Crippen LogP contribution in [-0.2, 0) is 0 Å². The maximum Gasteiger partial charge on any atom is 0.235 e. The van der Waals surface area contributed by atoms with Crippen LogP contribution in [0, 0.1) is 5.92 Å². The zero-order valence-corrected chi connectivity index (χ0v) is 11.5. The predicted octanol–water partition coefficient (Wildman–Crippen LogP) is 2.51. The molecule has 4 nitrogen and oxygen atoms in total. The van der Waals surface area contributed by atoms with Crippen LogP contribution in [0.15, 0.2) is 12.4 Å². The normalized spacial score (nSPS) is 24.5. The van der Waals surface area contributed by atoms with Gasteiger partial charge >= 0.3 is 0 Å². The number of nitrogens with one attached hydrogen (secondary N) is 1. The van der Waals surface area contributed by atoms with Gasteiger partial charge in [0.05, 0.1) is 6.61 Å². The fraction of sp³-hybridized carbons (Fsp3) is 0.733. The third-order valence-corrected chi connectivity index (χ3v) is 4.29. The summed E-state index contributed by atoms with van der Waals surface area (Å²) in [5.74, 6) is 1.96. The number of aromatic nitrogens is 2. The fourth-order valence-corrected chi connectivity index (χ4v) is 3.19. The van der Waals surface area contributed by atoms with E-state index in [1.165, 1.54) is 38.5 Å². The number of hydrogen-bond donors (Lipinski definition) is 1. The first-order valence-corrected chi connectivity index (χ1v) is 7.58. The second kappa shape index (κ2) is 6.33. The molecule has 1 N–H and O–H groups in total. The molecule has 2 heterocycles. The lowest BCUT2D eigenvalue weighted by Gasteiger charge is -2.23. The van der Waals surface area contributed by atoms with Crippen LogP contribution < -0.4 is 10.1 Å². The van der Waals surface area contributed by atoms with Crippen LogP contribution in [0.5, 0.6) is 5.88 Å². The van der Waals surface area contributed by atoms with Gasteiger partial charge < -0.3 is 10.1 Å². The van der Waals surface area contributed by atoms with Crippen LogP contribution in [0.25, 0.3) is 0 Å². The zero-order valence-electron chi connectivity index (χ0n) is 11.5.